The van der Waals surface area contributed by atoms with Gasteiger partial charge < -0.3 is 9.64 Å². The molecule has 4 rings (SSSR count). The first-order valence-electron chi connectivity index (χ1n) is 10.2. The monoisotopic (exact) mass is 443 g/mol. The standard InChI is InChI=1S/C21H25N5O4S/c1-13(2)9-11-25-18(28)14-6-4-5-7-15(14)26-17(27)8-10-21(25,26)19(29)22-20-24-23-16(31-20)12-30-3/h4-7,13H,8-12H2,1-3H3,(H,22,24,29)/t21-/m1/s1. The van der Waals surface area contributed by atoms with E-state index in [2.05, 4.69) is 29.4 Å². The van der Waals surface area contributed by atoms with Crippen LogP contribution in [-0.4, -0.2) is 52.1 Å². The SMILES string of the molecule is COCc1nnc(NC(=O)[C@@]23CCC(=O)N2c2ccccc2C(=O)N3CCC(C)C)s1. The summed E-state index contributed by atoms with van der Waals surface area (Å²) in [5.41, 5.74) is -0.517. The molecule has 0 unspecified atom stereocenters. The van der Waals surface area contributed by atoms with Crippen LogP contribution >= 0.6 is 11.3 Å². The molecule has 9 nitrogen and oxygen atoms in total. The molecular formula is C21H25N5O4S. The molecule has 2 aromatic rings. The molecule has 1 aromatic heterocycles. The third kappa shape index (κ3) is 3.59. The Morgan fingerprint density at radius 3 is 2.81 bits per heavy atom. The second-order valence-corrected chi connectivity index (χ2v) is 9.15. The summed E-state index contributed by atoms with van der Waals surface area (Å²) in [5, 5.41) is 11.7. The Bertz CT molecular complexity index is 1020. The Balaban J connectivity index is 1.76. The van der Waals surface area contributed by atoms with E-state index in [0.717, 1.165) is 0 Å². The first kappa shape index (κ1) is 21.4. The quantitative estimate of drug-likeness (QED) is 0.705. The summed E-state index contributed by atoms with van der Waals surface area (Å²) in [6.07, 6.45) is 1.11. The molecular weight excluding hydrogens is 418 g/mol. The lowest BCUT2D eigenvalue weighted by Gasteiger charge is -2.49. The number of amides is 3. The van der Waals surface area contributed by atoms with Gasteiger partial charge in [0.05, 0.1) is 11.3 Å². The molecule has 1 fully saturated rings. The lowest BCUT2D eigenvalue weighted by molar-refractivity contribution is -0.129. The van der Waals surface area contributed by atoms with Crippen LogP contribution in [0.2, 0.25) is 0 Å². The maximum Gasteiger partial charge on any atom is 0.273 e. The van der Waals surface area contributed by atoms with E-state index in [1.807, 2.05) is 0 Å². The highest BCUT2D eigenvalue weighted by Gasteiger charge is 2.60. The van der Waals surface area contributed by atoms with Gasteiger partial charge in [0.15, 0.2) is 0 Å². The van der Waals surface area contributed by atoms with Gasteiger partial charge in [-0.15, -0.1) is 10.2 Å². The van der Waals surface area contributed by atoms with E-state index in [1.165, 1.54) is 16.2 Å². The summed E-state index contributed by atoms with van der Waals surface area (Å²) in [6.45, 7) is 4.78. The highest BCUT2D eigenvalue weighted by atomic mass is 32.1. The fraction of sp³-hybridized carbons (Fsp3) is 0.476. The molecule has 3 amide bonds. The molecule has 31 heavy (non-hydrogen) atoms. The van der Waals surface area contributed by atoms with Crippen molar-refractivity contribution in [3.63, 3.8) is 0 Å². The number of hydrogen-bond acceptors (Lipinski definition) is 7. The average molecular weight is 444 g/mol. The van der Waals surface area contributed by atoms with Gasteiger partial charge in [0.1, 0.15) is 11.6 Å². The molecule has 0 saturated carbocycles. The second-order valence-electron chi connectivity index (χ2n) is 8.09. The maximum absolute atomic E-state index is 13.7. The third-order valence-electron chi connectivity index (χ3n) is 5.62. The topological polar surface area (TPSA) is 105 Å². The van der Waals surface area contributed by atoms with Crippen molar-refractivity contribution in [3.8, 4) is 0 Å². The number of aromatic nitrogens is 2. The minimum atomic E-state index is -1.43. The Kier molecular flexibility index (Phi) is 5.76. The number of hydrogen-bond donors (Lipinski definition) is 1. The number of rotatable bonds is 7. The lowest BCUT2D eigenvalue weighted by Crippen LogP contribution is -2.69. The van der Waals surface area contributed by atoms with Crippen LogP contribution in [0.15, 0.2) is 24.3 Å². The Hall–Kier alpha value is -2.85. The number of para-hydroxylation sites is 1. The highest BCUT2D eigenvalue weighted by Crippen LogP contribution is 2.45. The largest absolute Gasteiger partial charge is 0.377 e. The molecule has 0 spiro atoms. The van der Waals surface area contributed by atoms with Crippen molar-refractivity contribution < 1.29 is 19.1 Å². The normalized spacial score (nSPS) is 20.3. The summed E-state index contributed by atoms with van der Waals surface area (Å²) < 4.78 is 5.06. The van der Waals surface area contributed by atoms with Crippen LogP contribution in [0.25, 0.3) is 0 Å². The number of anilines is 2. The molecule has 2 aliphatic heterocycles. The van der Waals surface area contributed by atoms with Crippen LogP contribution in [0.3, 0.4) is 0 Å². The number of fused-ring (bicyclic) bond motifs is 3. The summed E-state index contributed by atoms with van der Waals surface area (Å²) in [4.78, 5) is 43.2. The van der Waals surface area contributed by atoms with Crippen molar-refractivity contribution in [2.24, 2.45) is 5.92 Å². The number of nitrogens with one attached hydrogen (secondary N) is 1. The molecule has 10 heteroatoms. The average Bonchev–Trinajstić information content (AvgIpc) is 3.33. The van der Waals surface area contributed by atoms with Gasteiger partial charge in [-0.05, 0) is 24.5 Å². The first-order chi connectivity index (χ1) is 14.9. The van der Waals surface area contributed by atoms with Gasteiger partial charge in [-0.25, -0.2) is 0 Å². The van der Waals surface area contributed by atoms with Gasteiger partial charge in [0.2, 0.25) is 16.7 Å². The number of benzene rings is 1. The molecule has 0 bridgehead atoms. The maximum atomic E-state index is 13.7. The molecule has 1 N–H and O–H groups in total. The Morgan fingerprint density at radius 1 is 1.29 bits per heavy atom. The van der Waals surface area contributed by atoms with E-state index in [9.17, 15) is 14.4 Å². The molecule has 1 atom stereocenters. The zero-order chi connectivity index (χ0) is 22.2. The molecule has 1 saturated heterocycles. The molecule has 0 aliphatic carbocycles. The van der Waals surface area contributed by atoms with E-state index in [-0.39, 0.29) is 31.3 Å². The zero-order valence-corrected chi connectivity index (χ0v) is 18.6. The van der Waals surface area contributed by atoms with Gasteiger partial charge in [-0.3, -0.25) is 24.6 Å². The van der Waals surface area contributed by atoms with Gasteiger partial charge in [0.25, 0.3) is 11.8 Å². The minimum absolute atomic E-state index is 0.179. The van der Waals surface area contributed by atoms with Gasteiger partial charge in [-0.1, -0.05) is 37.3 Å². The molecule has 1 aromatic carbocycles. The van der Waals surface area contributed by atoms with E-state index < -0.39 is 11.6 Å². The number of nitrogens with zero attached hydrogens (tertiary/aromatic N) is 4. The lowest BCUT2D eigenvalue weighted by atomic mass is 9.94. The predicted molar refractivity (Wildman–Crippen MR) is 116 cm³/mol. The molecule has 3 heterocycles. The fourth-order valence-electron chi connectivity index (χ4n) is 4.16. The fourth-order valence-corrected chi connectivity index (χ4v) is 4.86. The predicted octanol–water partition coefficient (Wildman–Crippen LogP) is 2.65. The van der Waals surface area contributed by atoms with Crippen molar-refractivity contribution in [3.05, 3.63) is 34.8 Å². The second kappa shape index (κ2) is 8.35. The number of carbonyl (C=O) groups excluding carboxylic acids is 3. The zero-order valence-electron chi connectivity index (χ0n) is 17.8. The summed E-state index contributed by atoms with van der Waals surface area (Å²) in [6, 6.07) is 6.96. The van der Waals surface area contributed by atoms with Crippen molar-refractivity contribution in [1.29, 1.82) is 0 Å². The Labute approximate surface area is 184 Å². The van der Waals surface area contributed by atoms with Crippen LogP contribution in [0.5, 0.6) is 0 Å². The summed E-state index contributed by atoms with van der Waals surface area (Å²) in [5.74, 6) is -0.544. The van der Waals surface area contributed by atoms with Crippen molar-refractivity contribution >= 4 is 39.9 Å². The highest BCUT2D eigenvalue weighted by molar-refractivity contribution is 7.15. The van der Waals surface area contributed by atoms with E-state index in [4.69, 9.17) is 4.74 Å². The van der Waals surface area contributed by atoms with Crippen LogP contribution in [-0.2, 0) is 20.9 Å². The van der Waals surface area contributed by atoms with Gasteiger partial charge >= 0.3 is 0 Å². The summed E-state index contributed by atoms with van der Waals surface area (Å²) >= 11 is 1.20. The summed E-state index contributed by atoms with van der Waals surface area (Å²) in [7, 11) is 1.55. The van der Waals surface area contributed by atoms with E-state index in [0.29, 0.717) is 40.3 Å². The van der Waals surface area contributed by atoms with Gasteiger partial charge in [0, 0.05) is 26.5 Å². The first-order valence-corrected chi connectivity index (χ1v) is 11.1. The molecule has 0 radical (unpaired) electrons. The number of methoxy groups -OCH3 is 1. The Morgan fingerprint density at radius 2 is 2.06 bits per heavy atom. The number of ether oxygens (including phenoxy) is 1. The smallest absolute Gasteiger partial charge is 0.273 e. The van der Waals surface area contributed by atoms with E-state index >= 15 is 0 Å². The van der Waals surface area contributed by atoms with Gasteiger partial charge in [-0.2, -0.15) is 0 Å². The van der Waals surface area contributed by atoms with Crippen molar-refractivity contribution in [2.75, 3.05) is 23.9 Å². The van der Waals surface area contributed by atoms with Crippen LogP contribution in [0.4, 0.5) is 10.8 Å². The van der Waals surface area contributed by atoms with Crippen LogP contribution in [0, 0.1) is 5.92 Å². The minimum Gasteiger partial charge on any atom is -0.377 e. The van der Waals surface area contributed by atoms with Crippen molar-refractivity contribution in [1.82, 2.24) is 15.1 Å². The third-order valence-corrected chi connectivity index (χ3v) is 6.43. The van der Waals surface area contributed by atoms with E-state index in [1.54, 1.807) is 36.3 Å². The van der Waals surface area contributed by atoms with Crippen LogP contribution < -0.4 is 10.2 Å². The van der Waals surface area contributed by atoms with Crippen LogP contribution in [0.1, 0.15) is 48.5 Å². The van der Waals surface area contributed by atoms with Crippen molar-refractivity contribution in [2.45, 2.75) is 45.4 Å². The number of carbonyl (C=O) groups is 3. The molecule has 164 valence electrons. The molecule has 2 aliphatic rings.